The van der Waals surface area contributed by atoms with E-state index in [1.165, 1.54) is 12.1 Å². The van der Waals surface area contributed by atoms with Crippen molar-refractivity contribution < 1.29 is 4.39 Å². The Morgan fingerprint density at radius 2 is 1.96 bits per heavy atom. The largest absolute Gasteiger partial charge is 0.372 e. The lowest BCUT2D eigenvalue weighted by molar-refractivity contribution is 0.627. The molecule has 0 aliphatic rings. The third-order valence-corrected chi connectivity index (χ3v) is 3.76. The van der Waals surface area contributed by atoms with Crippen LogP contribution in [0.15, 0.2) is 66.9 Å². The number of nitrogens with one attached hydrogen (secondary N) is 1. The van der Waals surface area contributed by atoms with Crippen LogP contribution < -0.4 is 5.32 Å². The van der Waals surface area contributed by atoms with Crippen molar-refractivity contribution in [2.24, 2.45) is 0 Å². The van der Waals surface area contributed by atoms with Gasteiger partial charge < -0.3 is 5.32 Å². The van der Waals surface area contributed by atoms with Gasteiger partial charge in [-0.3, -0.25) is 4.98 Å². The van der Waals surface area contributed by atoms with Gasteiger partial charge in [0, 0.05) is 6.20 Å². The first kappa shape index (κ1) is 15.7. The molecule has 1 N–H and O–H groups in total. The average molecular weight is 317 g/mol. The SMILES string of the molecule is Cc1cccc(C(Nc2ccc(F)cc2C#N)c2ccccn2)c1. The normalized spacial score (nSPS) is 11.5. The second kappa shape index (κ2) is 6.93. The van der Waals surface area contributed by atoms with Gasteiger partial charge in [0.1, 0.15) is 11.9 Å². The second-order valence-corrected chi connectivity index (χ2v) is 5.55. The monoisotopic (exact) mass is 317 g/mol. The lowest BCUT2D eigenvalue weighted by atomic mass is 10.00. The lowest BCUT2D eigenvalue weighted by Gasteiger charge is -2.21. The van der Waals surface area contributed by atoms with E-state index in [1.807, 2.05) is 49.4 Å². The van der Waals surface area contributed by atoms with E-state index in [0.717, 1.165) is 16.8 Å². The zero-order valence-corrected chi connectivity index (χ0v) is 13.2. The number of anilines is 1. The first-order chi connectivity index (χ1) is 11.7. The molecule has 0 spiro atoms. The van der Waals surface area contributed by atoms with Crippen LogP contribution in [-0.2, 0) is 0 Å². The molecule has 0 saturated heterocycles. The van der Waals surface area contributed by atoms with E-state index >= 15 is 0 Å². The Balaban J connectivity index is 2.05. The minimum Gasteiger partial charge on any atom is -0.372 e. The number of halogens is 1. The number of pyridine rings is 1. The highest BCUT2D eigenvalue weighted by molar-refractivity contribution is 5.59. The third kappa shape index (κ3) is 3.41. The van der Waals surface area contributed by atoms with Crippen LogP contribution in [0.5, 0.6) is 0 Å². The number of rotatable bonds is 4. The third-order valence-electron chi connectivity index (χ3n) is 3.76. The maximum Gasteiger partial charge on any atom is 0.124 e. The summed E-state index contributed by atoms with van der Waals surface area (Å²) in [6.07, 6.45) is 1.73. The fraction of sp³-hybridized carbons (Fsp3) is 0.100. The van der Waals surface area contributed by atoms with Crippen LogP contribution in [0.2, 0.25) is 0 Å². The van der Waals surface area contributed by atoms with Gasteiger partial charge in [-0.05, 0) is 42.8 Å². The van der Waals surface area contributed by atoms with Gasteiger partial charge in [-0.2, -0.15) is 5.26 Å². The predicted octanol–water partition coefficient (Wildman–Crippen LogP) is 4.60. The van der Waals surface area contributed by atoms with Crippen LogP contribution >= 0.6 is 0 Å². The molecule has 0 fully saturated rings. The molecular weight excluding hydrogens is 301 g/mol. The van der Waals surface area contributed by atoms with Crippen LogP contribution in [0.3, 0.4) is 0 Å². The van der Waals surface area contributed by atoms with Gasteiger partial charge in [0.2, 0.25) is 0 Å². The Hall–Kier alpha value is -3.19. The Kier molecular flexibility index (Phi) is 4.53. The summed E-state index contributed by atoms with van der Waals surface area (Å²) in [5.74, 6) is -0.429. The highest BCUT2D eigenvalue weighted by Gasteiger charge is 2.17. The fourth-order valence-corrected chi connectivity index (χ4v) is 2.61. The van der Waals surface area contributed by atoms with E-state index in [4.69, 9.17) is 0 Å². The summed E-state index contributed by atoms with van der Waals surface area (Å²) in [6.45, 7) is 2.03. The summed E-state index contributed by atoms with van der Waals surface area (Å²) < 4.78 is 13.4. The molecule has 0 amide bonds. The molecule has 1 aromatic heterocycles. The summed E-state index contributed by atoms with van der Waals surface area (Å²) >= 11 is 0. The van der Waals surface area contributed by atoms with Crippen molar-refractivity contribution >= 4 is 5.69 Å². The van der Waals surface area contributed by atoms with Crippen molar-refractivity contribution in [2.45, 2.75) is 13.0 Å². The van der Waals surface area contributed by atoms with Gasteiger partial charge in [0.05, 0.1) is 23.0 Å². The van der Waals surface area contributed by atoms with Gasteiger partial charge in [0.15, 0.2) is 0 Å². The number of aromatic nitrogens is 1. The van der Waals surface area contributed by atoms with Crippen LogP contribution in [-0.4, -0.2) is 4.98 Å². The molecule has 0 aliphatic carbocycles. The van der Waals surface area contributed by atoms with E-state index in [9.17, 15) is 9.65 Å². The molecule has 1 atom stereocenters. The molecule has 3 nitrogen and oxygen atoms in total. The van der Waals surface area contributed by atoms with E-state index < -0.39 is 5.82 Å². The zero-order valence-electron chi connectivity index (χ0n) is 13.2. The molecule has 3 aromatic rings. The quantitative estimate of drug-likeness (QED) is 0.765. The van der Waals surface area contributed by atoms with Gasteiger partial charge in [-0.15, -0.1) is 0 Å². The number of aryl methyl sites for hydroxylation is 1. The summed E-state index contributed by atoms with van der Waals surface area (Å²) in [5, 5.41) is 12.6. The highest BCUT2D eigenvalue weighted by Crippen LogP contribution is 2.28. The number of hydrogen-bond donors (Lipinski definition) is 1. The van der Waals surface area contributed by atoms with Gasteiger partial charge in [0.25, 0.3) is 0 Å². The molecule has 3 rings (SSSR count). The number of benzene rings is 2. The van der Waals surface area contributed by atoms with Crippen LogP contribution in [0.4, 0.5) is 10.1 Å². The molecule has 4 heteroatoms. The zero-order chi connectivity index (χ0) is 16.9. The molecule has 2 aromatic carbocycles. The average Bonchev–Trinajstić information content (AvgIpc) is 2.61. The van der Waals surface area contributed by atoms with Gasteiger partial charge in [-0.25, -0.2) is 4.39 Å². The van der Waals surface area contributed by atoms with E-state index in [0.29, 0.717) is 5.69 Å². The van der Waals surface area contributed by atoms with Gasteiger partial charge >= 0.3 is 0 Å². The predicted molar refractivity (Wildman–Crippen MR) is 92.0 cm³/mol. The minimum atomic E-state index is -0.429. The first-order valence-electron chi connectivity index (χ1n) is 7.61. The molecule has 0 aliphatic heterocycles. The van der Waals surface area contributed by atoms with Gasteiger partial charge in [-0.1, -0.05) is 35.9 Å². The molecule has 0 radical (unpaired) electrons. The van der Waals surface area contributed by atoms with Crippen molar-refractivity contribution in [3.8, 4) is 6.07 Å². The van der Waals surface area contributed by atoms with E-state index in [1.54, 1.807) is 12.3 Å². The highest BCUT2D eigenvalue weighted by atomic mass is 19.1. The molecular formula is C20H16FN3. The lowest BCUT2D eigenvalue weighted by Crippen LogP contribution is -2.14. The summed E-state index contributed by atoms with van der Waals surface area (Å²) in [6, 6.07) is 19.7. The van der Waals surface area contributed by atoms with E-state index in [-0.39, 0.29) is 11.6 Å². The molecule has 1 unspecified atom stereocenters. The summed E-state index contributed by atoms with van der Waals surface area (Å²) in [5.41, 5.74) is 3.84. The Labute approximate surface area is 140 Å². The summed E-state index contributed by atoms with van der Waals surface area (Å²) in [7, 11) is 0. The number of nitrogens with zero attached hydrogens (tertiary/aromatic N) is 2. The standard InChI is InChI=1S/C20H16FN3/c1-14-5-4-6-15(11-14)20(19-7-2-3-10-23-19)24-18-9-8-17(21)12-16(18)13-22/h2-12,20,24H,1H3. The van der Waals surface area contributed by atoms with Crippen molar-refractivity contribution in [3.63, 3.8) is 0 Å². The van der Waals surface area contributed by atoms with Crippen molar-refractivity contribution in [1.29, 1.82) is 5.26 Å². The smallest absolute Gasteiger partial charge is 0.124 e. The van der Waals surface area contributed by atoms with Crippen LogP contribution in [0.1, 0.15) is 28.4 Å². The Bertz CT molecular complexity index is 885. The number of nitriles is 1. The molecule has 118 valence electrons. The Morgan fingerprint density at radius 1 is 1.08 bits per heavy atom. The molecule has 0 saturated carbocycles. The van der Waals surface area contributed by atoms with E-state index in [2.05, 4.69) is 16.4 Å². The van der Waals surface area contributed by atoms with Crippen LogP contribution in [0.25, 0.3) is 0 Å². The molecule has 1 heterocycles. The molecule has 24 heavy (non-hydrogen) atoms. The topological polar surface area (TPSA) is 48.7 Å². The van der Waals surface area contributed by atoms with Crippen molar-refractivity contribution in [2.75, 3.05) is 5.32 Å². The molecule has 0 bridgehead atoms. The minimum absolute atomic E-state index is 0.233. The fourth-order valence-electron chi connectivity index (χ4n) is 2.61. The second-order valence-electron chi connectivity index (χ2n) is 5.55. The Morgan fingerprint density at radius 3 is 2.67 bits per heavy atom. The maximum absolute atomic E-state index is 13.4. The summed E-state index contributed by atoms with van der Waals surface area (Å²) in [4.78, 5) is 4.43. The maximum atomic E-state index is 13.4. The number of hydrogen-bond acceptors (Lipinski definition) is 3. The van der Waals surface area contributed by atoms with Crippen molar-refractivity contribution in [3.05, 3.63) is 95.1 Å². The van der Waals surface area contributed by atoms with Crippen molar-refractivity contribution in [1.82, 2.24) is 4.98 Å². The first-order valence-corrected chi connectivity index (χ1v) is 7.61. The van der Waals surface area contributed by atoms with Crippen LogP contribution in [0, 0.1) is 24.1 Å².